The van der Waals surface area contributed by atoms with Gasteiger partial charge in [0, 0.05) is 49.2 Å². The van der Waals surface area contributed by atoms with Crippen molar-refractivity contribution in [1.82, 2.24) is 9.99 Å². The highest BCUT2D eigenvalue weighted by Gasteiger charge is 2.08. The Morgan fingerprint density at radius 2 is 2.07 bits per heavy atom. The lowest BCUT2D eigenvalue weighted by Gasteiger charge is -2.14. The Morgan fingerprint density at radius 3 is 2.72 bits per heavy atom. The molecule has 0 unspecified atom stereocenters. The normalized spacial score (nSPS) is 12.1. The zero-order chi connectivity index (χ0) is 20.9. The number of aromatic nitrogens is 1. The van der Waals surface area contributed by atoms with Crippen LogP contribution >= 0.6 is 11.8 Å². The number of rotatable bonds is 10. The van der Waals surface area contributed by atoms with Gasteiger partial charge in [-0.3, -0.25) is 19.8 Å². The van der Waals surface area contributed by atoms with Gasteiger partial charge in [-0.1, -0.05) is 24.3 Å². The van der Waals surface area contributed by atoms with Gasteiger partial charge in [-0.15, -0.1) is 11.8 Å². The van der Waals surface area contributed by atoms with Crippen molar-refractivity contribution in [2.45, 2.75) is 13.3 Å². The predicted molar refractivity (Wildman–Crippen MR) is 123 cm³/mol. The average molecular weight is 408 g/mol. The maximum absolute atomic E-state index is 12.5. The zero-order valence-electron chi connectivity index (χ0n) is 16.7. The second-order valence-electron chi connectivity index (χ2n) is 6.11. The molecule has 0 saturated heterocycles. The van der Waals surface area contributed by atoms with Crippen molar-refractivity contribution in [1.29, 1.82) is 0 Å². The molecule has 0 spiro atoms. The standard InChI is InChI=1S/C22H25N5OS/c1-18(16-27(23-2)13-11-19-8-7-12-24-15-19)14-25-21(17-29-3)22(28)26-20-9-5-4-6-10-20/h4-10,12,14-17H,2,11,13H2,1,3H3,(H,26,28)/b18-16+,21-17-,25-14+. The summed E-state index contributed by atoms with van der Waals surface area (Å²) in [7, 11) is 0. The lowest BCUT2D eigenvalue weighted by Crippen LogP contribution is -2.15. The van der Waals surface area contributed by atoms with Gasteiger partial charge < -0.3 is 5.32 Å². The molecule has 0 aliphatic heterocycles. The molecule has 0 radical (unpaired) electrons. The van der Waals surface area contributed by atoms with E-state index >= 15 is 0 Å². The highest BCUT2D eigenvalue weighted by molar-refractivity contribution is 8.01. The van der Waals surface area contributed by atoms with Crippen LogP contribution in [0.15, 0.2) is 87.8 Å². The number of carbonyl (C=O) groups is 1. The molecule has 2 aromatic rings. The fourth-order valence-corrected chi connectivity index (χ4v) is 2.77. The lowest BCUT2D eigenvalue weighted by atomic mass is 10.2. The van der Waals surface area contributed by atoms with Crippen molar-refractivity contribution in [2.24, 2.45) is 10.1 Å². The molecule has 1 heterocycles. The highest BCUT2D eigenvalue weighted by atomic mass is 32.2. The van der Waals surface area contributed by atoms with E-state index in [9.17, 15) is 4.79 Å². The number of benzene rings is 1. The van der Waals surface area contributed by atoms with E-state index in [2.05, 4.69) is 27.1 Å². The van der Waals surface area contributed by atoms with E-state index in [1.807, 2.05) is 68.0 Å². The molecule has 1 aromatic heterocycles. The SMILES string of the molecule is C=NN(/C=C(C)/C=N/C(=C\SC)C(=O)Nc1ccccc1)CCc1cccnc1. The summed E-state index contributed by atoms with van der Waals surface area (Å²) in [5.41, 5.74) is 3.04. The van der Waals surface area contributed by atoms with Gasteiger partial charge >= 0.3 is 0 Å². The van der Waals surface area contributed by atoms with E-state index in [0.29, 0.717) is 12.2 Å². The summed E-state index contributed by atoms with van der Waals surface area (Å²) >= 11 is 1.42. The van der Waals surface area contributed by atoms with Crippen LogP contribution in [0.1, 0.15) is 12.5 Å². The number of thioether (sulfide) groups is 1. The molecule has 2 rings (SSSR count). The van der Waals surface area contributed by atoms with Gasteiger partial charge in [0.2, 0.25) is 0 Å². The molecule has 7 heteroatoms. The minimum atomic E-state index is -0.259. The number of para-hydroxylation sites is 1. The first-order valence-corrected chi connectivity index (χ1v) is 10.3. The van der Waals surface area contributed by atoms with Crippen molar-refractivity contribution >= 4 is 36.3 Å². The second-order valence-corrected chi connectivity index (χ2v) is 6.81. The van der Waals surface area contributed by atoms with Crippen molar-refractivity contribution < 1.29 is 4.79 Å². The molecule has 0 bridgehead atoms. The molecule has 1 amide bonds. The number of nitrogens with zero attached hydrogens (tertiary/aromatic N) is 4. The molecule has 0 saturated carbocycles. The molecule has 1 N–H and O–H groups in total. The molecular formula is C22H25N5OS. The van der Waals surface area contributed by atoms with Crippen LogP contribution in [-0.4, -0.2) is 41.6 Å². The van der Waals surface area contributed by atoms with E-state index in [1.54, 1.807) is 22.8 Å². The summed E-state index contributed by atoms with van der Waals surface area (Å²) in [6.07, 6.45) is 9.76. The van der Waals surface area contributed by atoms with Gasteiger partial charge in [-0.2, -0.15) is 5.10 Å². The number of hydrogen-bond acceptors (Lipinski definition) is 6. The fourth-order valence-electron chi connectivity index (χ4n) is 2.38. The minimum absolute atomic E-state index is 0.259. The molecule has 150 valence electrons. The van der Waals surface area contributed by atoms with Crippen LogP contribution in [0.5, 0.6) is 0 Å². The molecule has 1 aromatic carbocycles. The number of allylic oxidation sites excluding steroid dienone is 1. The average Bonchev–Trinajstić information content (AvgIpc) is 2.75. The van der Waals surface area contributed by atoms with Crippen LogP contribution in [0.4, 0.5) is 5.69 Å². The van der Waals surface area contributed by atoms with Crippen LogP contribution in [-0.2, 0) is 11.2 Å². The van der Waals surface area contributed by atoms with E-state index in [4.69, 9.17) is 0 Å². The maximum Gasteiger partial charge on any atom is 0.274 e. The number of nitrogens with one attached hydrogen (secondary N) is 1. The first-order valence-electron chi connectivity index (χ1n) is 9.06. The van der Waals surface area contributed by atoms with Gasteiger partial charge in [0.25, 0.3) is 5.91 Å². The van der Waals surface area contributed by atoms with E-state index in [-0.39, 0.29) is 5.91 Å². The van der Waals surface area contributed by atoms with Gasteiger partial charge in [-0.05, 0) is 48.9 Å². The van der Waals surface area contributed by atoms with Crippen LogP contribution in [0.3, 0.4) is 0 Å². The van der Waals surface area contributed by atoms with Crippen molar-refractivity contribution in [3.8, 4) is 0 Å². The molecule has 0 aliphatic rings. The van der Waals surface area contributed by atoms with Crippen LogP contribution in [0.2, 0.25) is 0 Å². The van der Waals surface area contributed by atoms with Gasteiger partial charge in [0.1, 0.15) is 5.70 Å². The van der Waals surface area contributed by atoms with Crippen molar-refractivity contribution in [2.75, 3.05) is 18.1 Å². The fraction of sp³-hybridized carbons (Fsp3) is 0.182. The van der Waals surface area contributed by atoms with Crippen molar-refractivity contribution in [3.05, 3.63) is 83.3 Å². The van der Waals surface area contributed by atoms with Gasteiger partial charge in [0.05, 0.1) is 0 Å². The van der Waals surface area contributed by atoms with Crippen LogP contribution in [0, 0.1) is 0 Å². The number of aliphatic imine (C=N–C) groups is 1. The Kier molecular flexibility index (Phi) is 9.38. The van der Waals surface area contributed by atoms with Gasteiger partial charge in [-0.25, -0.2) is 0 Å². The number of hydrazone groups is 1. The number of carbonyl (C=O) groups excluding carboxylic acids is 1. The van der Waals surface area contributed by atoms with E-state index in [1.165, 1.54) is 11.8 Å². The Hall–Kier alpha value is -3.19. The zero-order valence-corrected chi connectivity index (χ0v) is 17.5. The lowest BCUT2D eigenvalue weighted by molar-refractivity contribution is -0.112. The largest absolute Gasteiger partial charge is 0.321 e. The summed E-state index contributed by atoms with van der Waals surface area (Å²) in [6.45, 7) is 6.19. The van der Waals surface area contributed by atoms with Crippen LogP contribution in [0.25, 0.3) is 0 Å². The topological polar surface area (TPSA) is 70.0 Å². The minimum Gasteiger partial charge on any atom is -0.321 e. The Labute approximate surface area is 176 Å². The highest BCUT2D eigenvalue weighted by Crippen LogP contribution is 2.11. The molecule has 29 heavy (non-hydrogen) atoms. The molecule has 0 atom stereocenters. The Bertz CT molecular complexity index is 879. The summed E-state index contributed by atoms with van der Waals surface area (Å²) in [5, 5.41) is 10.3. The number of hydrogen-bond donors (Lipinski definition) is 1. The summed E-state index contributed by atoms with van der Waals surface area (Å²) < 4.78 is 0. The molecular weight excluding hydrogens is 382 g/mol. The van der Waals surface area contributed by atoms with Gasteiger partial charge in [0.15, 0.2) is 0 Å². The number of amides is 1. The maximum atomic E-state index is 12.5. The monoisotopic (exact) mass is 407 g/mol. The molecule has 0 fully saturated rings. The summed E-state index contributed by atoms with van der Waals surface area (Å²) in [5.74, 6) is -0.259. The third kappa shape index (κ3) is 8.15. The van der Waals surface area contributed by atoms with Crippen LogP contribution < -0.4 is 5.32 Å². The number of pyridine rings is 1. The Morgan fingerprint density at radius 1 is 1.28 bits per heavy atom. The summed E-state index contributed by atoms with van der Waals surface area (Å²) in [6, 6.07) is 13.2. The molecule has 6 nitrogen and oxygen atoms in total. The Balaban J connectivity index is 2.00. The molecule has 0 aliphatic carbocycles. The van der Waals surface area contributed by atoms with E-state index < -0.39 is 0 Å². The third-order valence-electron chi connectivity index (χ3n) is 3.79. The van der Waals surface area contributed by atoms with E-state index in [0.717, 1.165) is 23.2 Å². The second kappa shape index (κ2) is 12.3. The number of anilines is 1. The first-order chi connectivity index (χ1) is 14.1. The smallest absolute Gasteiger partial charge is 0.274 e. The predicted octanol–water partition coefficient (Wildman–Crippen LogP) is 4.36. The van der Waals surface area contributed by atoms with Crippen molar-refractivity contribution in [3.63, 3.8) is 0 Å². The quantitative estimate of drug-likeness (QED) is 0.361. The summed E-state index contributed by atoms with van der Waals surface area (Å²) in [4.78, 5) is 20.9. The first kappa shape index (κ1) is 22.1. The third-order valence-corrected chi connectivity index (χ3v) is 4.25.